The van der Waals surface area contributed by atoms with Gasteiger partial charge >= 0.3 is 12.0 Å². The first-order chi connectivity index (χ1) is 12.9. The molecule has 0 radical (unpaired) electrons. The number of aryl methyl sites for hydroxylation is 1. The fourth-order valence-corrected chi connectivity index (χ4v) is 3.50. The lowest BCUT2D eigenvalue weighted by atomic mass is 9.85. The predicted molar refractivity (Wildman–Crippen MR) is 103 cm³/mol. The Balaban J connectivity index is 1.48. The van der Waals surface area contributed by atoms with Gasteiger partial charge in [0.15, 0.2) is 0 Å². The van der Waals surface area contributed by atoms with Crippen LogP contribution in [0.15, 0.2) is 18.2 Å². The zero-order chi connectivity index (χ0) is 19.4. The van der Waals surface area contributed by atoms with Crippen molar-refractivity contribution in [2.75, 3.05) is 25.0 Å². The number of carboxylic acids is 1. The molecule has 3 rings (SSSR count). The number of carboxylic acid groups (broad SMARTS) is 1. The molecule has 0 atom stereocenters. The Kier molecular flexibility index (Phi) is 6.21. The van der Waals surface area contributed by atoms with Crippen molar-refractivity contribution in [2.24, 2.45) is 5.92 Å². The Morgan fingerprint density at radius 3 is 2.67 bits per heavy atom. The average Bonchev–Trinajstić information content (AvgIpc) is 3.36. The summed E-state index contributed by atoms with van der Waals surface area (Å²) in [5, 5.41) is 15.0. The fraction of sp³-hybridized carbons (Fsp3) is 0.600. The van der Waals surface area contributed by atoms with Crippen LogP contribution in [0.2, 0.25) is 0 Å². The van der Waals surface area contributed by atoms with E-state index in [0.29, 0.717) is 24.0 Å². The molecule has 2 aliphatic carbocycles. The maximum atomic E-state index is 12.3. The molecule has 0 heterocycles. The number of aliphatic carboxylic acids is 1. The second kappa shape index (κ2) is 8.61. The van der Waals surface area contributed by atoms with E-state index in [1.54, 1.807) is 0 Å². The van der Waals surface area contributed by atoms with Crippen molar-refractivity contribution < 1.29 is 19.4 Å². The smallest absolute Gasteiger partial charge is 0.319 e. The van der Waals surface area contributed by atoms with Crippen LogP contribution >= 0.6 is 0 Å². The van der Waals surface area contributed by atoms with Gasteiger partial charge in [0.2, 0.25) is 0 Å². The SMILES string of the molecule is CCOc1cc(C)ccc1NC(=O)NC1CC(N(CC(=O)O)CC2CC2)C1. The summed E-state index contributed by atoms with van der Waals surface area (Å²) in [6, 6.07) is 5.74. The minimum Gasteiger partial charge on any atom is -0.492 e. The van der Waals surface area contributed by atoms with Crippen molar-refractivity contribution in [2.45, 2.75) is 51.6 Å². The summed E-state index contributed by atoms with van der Waals surface area (Å²) < 4.78 is 5.59. The van der Waals surface area contributed by atoms with Crippen molar-refractivity contribution in [3.05, 3.63) is 23.8 Å². The monoisotopic (exact) mass is 375 g/mol. The number of hydrogen-bond acceptors (Lipinski definition) is 4. The van der Waals surface area contributed by atoms with E-state index in [1.165, 1.54) is 12.8 Å². The summed E-state index contributed by atoms with van der Waals surface area (Å²) in [5.74, 6) is 0.530. The molecular formula is C20H29N3O4. The van der Waals surface area contributed by atoms with Gasteiger partial charge in [0, 0.05) is 18.6 Å². The number of rotatable bonds is 9. The van der Waals surface area contributed by atoms with Crippen molar-refractivity contribution in [1.29, 1.82) is 0 Å². The molecule has 1 aromatic carbocycles. The van der Waals surface area contributed by atoms with Crippen LogP contribution in [0.3, 0.4) is 0 Å². The van der Waals surface area contributed by atoms with Crippen molar-refractivity contribution in [3.63, 3.8) is 0 Å². The molecule has 2 aliphatic rings. The molecule has 0 spiro atoms. The van der Waals surface area contributed by atoms with Crippen LogP contribution in [-0.4, -0.2) is 53.8 Å². The van der Waals surface area contributed by atoms with Crippen LogP contribution in [0.1, 0.15) is 38.2 Å². The molecule has 2 saturated carbocycles. The molecular weight excluding hydrogens is 346 g/mol. The van der Waals surface area contributed by atoms with Crippen LogP contribution in [0.4, 0.5) is 10.5 Å². The predicted octanol–water partition coefficient (Wildman–Crippen LogP) is 2.84. The van der Waals surface area contributed by atoms with E-state index in [9.17, 15) is 9.59 Å². The van der Waals surface area contributed by atoms with Crippen LogP contribution < -0.4 is 15.4 Å². The zero-order valence-electron chi connectivity index (χ0n) is 16.0. The molecule has 1 aromatic rings. The van der Waals surface area contributed by atoms with E-state index < -0.39 is 5.97 Å². The maximum absolute atomic E-state index is 12.3. The molecule has 148 valence electrons. The first kappa shape index (κ1) is 19.5. The van der Waals surface area contributed by atoms with E-state index >= 15 is 0 Å². The molecule has 0 aliphatic heterocycles. The molecule has 3 N–H and O–H groups in total. The maximum Gasteiger partial charge on any atom is 0.319 e. The highest BCUT2D eigenvalue weighted by Crippen LogP contribution is 2.34. The second-order valence-corrected chi connectivity index (χ2v) is 7.62. The van der Waals surface area contributed by atoms with Crippen molar-refractivity contribution in [1.82, 2.24) is 10.2 Å². The molecule has 7 nitrogen and oxygen atoms in total. The summed E-state index contributed by atoms with van der Waals surface area (Å²) in [5.41, 5.74) is 1.72. The molecule has 0 aromatic heterocycles. The highest BCUT2D eigenvalue weighted by Gasteiger charge is 2.37. The molecule has 0 bridgehead atoms. The zero-order valence-corrected chi connectivity index (χ0v) is 16.0. The molecule has 2 fully saturated rings. The first-order valence-corrected chi connectivity index (χ1v) is 9.71. The Bertz CT molecular complexity index is 684. The number of carbonyl (C=O) groups excluding carboxylic acids is 1. The third-order valence-electron chi connectivity index (χ3n) is 5.18. The number of urea groups is 1. The number of anilines is 1. The van der Waals surface area contributed by atoms with Crippen LogP contribution in [0.25, 0.3) is 0 Å². The lowest BCUT2D eigenvalue weighted by molar-refractivity contribution is -0.139. The Labute approximate surface area is 160 Å². The number of nitrogens with zero attached hydrogens (tertiary/aromatic N) is 1. The highest BCUT2D eigenvalue weighted by atomic mass is 16.5. The van der Waals surface area contributed by atoms with Crippen LogP contribution in [0.5, 0.6) is 5.75 Å². The number of amides is 2. The van der Waals surface area contributed by atoms with Gasteiger partial charge in [-0.3, -0.25) is 9.69 Å². The van der Waals surface area contributed by atoms with Gasteiger partial charge in [0.25, 0.3) is 0 Å². The summed E-state index contributed by atoms with van der Waals surface area (Å²) in [6.07, 6.45) is 3.98. The van der Waals surface area contributed by atoms with Gasteiger partial charge in [-0.25, -0.2) is 4.79 Å². The van der Waals surface area contributed by atoms with Crippen LogP contribution in [0, 0.1) is 12.8 Å². The van der Waals surface area contributed by atoms with Gasteiger partial charge in [-0.2, -0.15) is 0 Å². The summed E-state index contributed by atoms with van der Waals surface area (Å²) >= 11 is 0. The Morgan fingerprint density at radius 1 is 1.30 bits per heavy atom. The summed E-state index contributed by atoms with van der Waals surface area (Å²) in [7, 11) is 0. The number of ether oxygens (including phenoxy) is 1. The van der Waals surface area contributed by atoms with E-state index in [-0.39, 0.29) is 24.7 Å². The molecule has 27 heavy (non-hydrogen) atoms. The molecule has 7 heteroatoms. The van der Waals surface area contributed by atoms with Gasteiger partial charge in [-0.05, 0) is 63.1 Å². The van der Waals surface area contributed by atoms with Crippen molar-refractivity contribution in [3.8, 4) is 5.75 Å². The number of nitrogens with one attached hydrogen (secondary N) is 2. The minimum atomic E-state index is -0.785. The molecule has 0 saturated heterocycles. The molecule has 0 unspecified atom stereocenters. The third kappa shape index (κ3) is 5.60. The van der Waals surface area contributed by atoms with Gasteiger partial charge in [-0.15, -0.1) is 0 Å². The third-order valence-corrected chi connectivity index (χ3v) is 5.18. The van der Waals surface area contributed by atoms with Gasteiger partial charge in [-0.1, -0.05) is 6.07 Å². The summed E-state index contributed by atoms with van der Waals surface area (Å²) in [6.45, 7) is 5.36. The lowest BCUT2D eigenvalue weighted by Crippen LogP contribution is -2.55. The largest absolute Gasteiger partial charge is 0.492 e. The van der Waals surface area contributed by atoms with E-state index in [4.69, 9.17) is 9.84 Å². The fourth-order valence-electron chi connectivity index (χ4n) is 3.50. The molecule has 2 amide bonds. The number of carbonyl (C=O) groups is 2. The lowest BCUT2D eigenvalue weighted by Gasteiger charge is -2.42. The van der Waals surface area contributed by atoms with Gasteiger partial charge < -0.3 is 20.5 Å². The Hall–Kier alpha value is -2.28. The van der Waals surface area contributed by atoms with Crippen molar-refractivity contribution >= 4 is 17.7 Å². The Morgan fingerprint density at radius 2 is 2.04 bits per heavy atom. The quantitative estimate of drug-likeness (QED) is 0.617. The van der Waals surface area contributed by atoms with Gasteiger partial charge in [0.1, 0.15) is 5.75 Å². The normalized spacial score (nSPS) is 21.4. The van der Waals surface area contributed by atoms with E-state index in [1.807, 2.05) is 32.0 Å². The van der Waals surface area contributed by atoms with Crippen LogP contribution in [-0.2, 0) is 4.79 Å². The number of benzene rings is 1. The number of hydrogen-bond donors (Lipinski definition) is 3. The minimum absolute atomic E-state index is 0.0755. The first-order valence-electron chi connectivity index (χ1n) is 9.71. The highest BCUT2D eigenvalue weighted by molar-refractivity contribution is 5.91. The average molecular weight is 375 g/mol. The van der Waals surface area contributed by atoms with E-state index in [0.717, 1.165) is 24.9 Å². The topological polar surface area (TPSA) is 90.9 Å². The van der Waals surface area contributed by atoms with Gasteiger partial charge in [0.05, 0.1) is 18.8 Å². The van der Waals surface area contributed by atoms with E-state index in [2.05, 4.69) is 15.5 Å². The standard InChI is InChI=1S/C20H29N3O4/c1-3-27-18-8-13(2)4-7-17(18)22-20(26)21-15-9-16(10-15)23(12-19(24)25)11-14-5-6-14/h4,7-8,14-16H,3,5-6,9-12H2,1-2H3,(H,24,25)(H2,21,22,26). The second-order valence-electron chi connectivity index (χ2n) is 7.62. The summed E-state index contributed by atoms with van der Waals surface area (Å²) in [4.78, 5) is 25.5.